The van der Waals surface area contributed by atoms with Crippen molar-refractivity contribution in [1.82, 2.24) is 4.98 Å². The van der Waals surface area contributed by atoms with Gasteiger partial charge in [-0.3, -0.25) is 4.79 Å². The maximum atomic E-state index is 10.9. The van der Waals surface area contributed by atoms with Crippen molar-refractivity contribution in [2.45, 2.75) is 12.8 Å². The lowest BCUT2D eigenvalue weighted by Gasteiger charge is -2.05. The maximum absolute atomic E-state index is 10.9. The van der Waals surface area contributed by atoms with Crippen molar-refractivity contribution in [3.8, 4) is 5.75 Å². The van der Waals surface area contributed by atoms with E-state index in [0.717, 1.165) is 16.7 Å². The van der Waals surface area contributed by atoms with Crippen molar-refractivity contribution >= 4 is 16.9 Å². The van der Waals surface area contributed by atoms with Crippen LogP contribution in [0.5, 0.6) is 5.75 Å². The van der Waals surface area contributed by atoms with Crippen molar-refractivity contribution in [2.75, 3.05) is 13.7 Å². The summed E-state index contributed by atoms with van der Waals surface area (Å²) in [4.78, 5) is 14.0. The van der Waals surface area contributed by atoms with Gasteiger partial charge in [0.1, 0.15) is 5.75 Å². The summed E-state index contributed by atoms with van der Waals surface area (Å²) in [5.41, 5.74) is 1.05. The number of esters is 1. The number of aromatic amines is 1. The van der Waals surface area contributed by atoms with E-state index in [1.165, 1.54) is 7.11 Å². The van der Waals surface area contributed by atoms with Crippen LogP contribution in [-0.4, -0.2) is 24.7 Å². The smallest absolute Gasteiger partial charge is 0.305 e. The molecule has 0 radical (unpaired) electrons. The zero-order chi connectivity index (χ0) is 12.1. The molecule has 2 aromatic rings. The van der Waals surface area contributed by atoms with E-state index in [4.69, 9.17) is 4.74 Å². The number of H-pyrrole nitrogens is 1. The minimum absolute atomic E-state index is 0.201. The molecular weight excluding hydrogens is 218 g/mol. The van der Waals surface area contributed by atoms with E-state index in [1.807, 2.05) is 30.5 Å². The Morgan fingerprint density at radius 2 is 2.24 bits per heavy atom. The molecule has 0 amide bonds. The molecule has 0 atom stereocenters. The Bertz CT molecular complexity index is 504. The Kier molecular flexibility index (Phi) is 3.65. The number of fused-ring (bicyclic) bond motifs is 1. The molecule has 2 rings (SSSR count). The van der Waals surface area contributed by atoms with Gasteiger partial charge in [0.2, 0.25) is 0 Å². The van der Waals surface area contributed by atoms with E-state index < -0.39 is 0 Å². The van der Waals surface area contributed by atoms with Gasteiger partial charge in [-0.15, -0.1) is 0 Å². The van der Waals surface area contributed by atoms with Gasteiger partial charge in [-0.2, -0.15) is 0 Å². The molecule has 0 aliphatic heterocycles. The molecule has 4 heteroatoms. The second kappa shape index (κ2) is 5.39. The number of carbonyl (C=O) groups is 1. The minimum Gasteiger partial charge on any atom is -0.494 e. The number of hydrogen-bond acceptors (Lipinski definition) is 3. The lowest BCUT2D eigenvalue weighted by atomic mass is 10.2. The van der Waals surface area contributed by atoms with E-state index >= 15 is 0 Å². The van der Waals surface area contributed by atoms with Gasteiger partial charge in [0.05, 0.1) is 13.7 Å². The van der Waals surface area contributed by atoms with Crippen LogP contribution in [0.25, 0.3) is 10.9 Å². The Morgan fingerprint density at radius 1 is 1.35 bits per heavy atom. The van der Waals surface area contributed by atoms with Crippen molar-refractivity contribution in [1.29, 1.82) is 0 Å². The summed E-state index contributed by atoms with van der Waals surface area (Å²) >= 11 is 0. The second-order valence-electron chi connectivity index (χ2n) is 3.75. The first kappa shape index (κ1) is 11.5. The van der Waals surface area contributed by atoms with E-state index in [0.29, 0.717) is 19.4 Å². The van der Waals surface area contributed by atoms with Crippen LogP contribution in [0.4, 0.5) is 0 Å². The van der Waals surface area contributed by atoms with Gasteiger partial charge in [-0.1, -0.05) is 0 Å². The molecule has 0 aliphatic carbocycles. The van der Waals surface area contributed by atoms with E-state index in [2.05, 4.69) is 9.72 Å². The van der Waals surface area contributed by atoms with E-state index in [9.17, 15) is 4.79 Å². The van der Waals surface area contributed by atoms with Gasteiger partial charge in [0.15, 0.2) is 0 Å². The van der Waals surface area contributed by atoms with Crippen LogP contribution in [-0.2, 0) is 9.53 Å². The number of ether oxygens (including phenoxy) is 2. The molecule has 0 saturated heterocycles. The molecule has 0 aliphatic rings. The summed E-state index contributed by atoms with van der Waals surface area (Å²) in [7, 11) is 1.39. The highest BCUT2D eigenvalue weighted by Gasteiger charge is 2.01. The third kappa shape index (κ3) is 3.00. The lowest BCUT2D eigenvalue weighted by Crippen LogP contribution is -2.04. The third-order valence-corrected chi connectivity index (χ3v) is 2.55. The monoisotopic (exact) mass is 233 g/mol. The molecule has 17 heavy (non-hydrogen) atoms. The number of carbonyl (C=O) groups excluding carboxylic acids is 1. The highest BCUT2D eigenvalue weighted by atomic mass is 16.5. The summed E-state index contributed by atoms with van der Waals surface area (Å²) < 4.78 is 10.1. The molecule has 1 N–H and O–H groups in total. The summed E-state index contributed by atoms with van der Waals surface area (Å²) in [6.45, 7) is 0.515. The Morgan fingerprint density at radius 3 is 3.06 bits per heavy atom. The zero-order valence-electron chi connectivity index (χ0n) is 9.73. The second-order valence-corrected chi connectivity index (χ2v) is 3.75. The standard InChI is InChI=1S/C13H15NO3/c1-16-13(15)3-2-8-17-11-5-4-10-6-7-14-12(10)9-11/h4-7,9,14H,2-3,8H2,1H3. The fourth-order valence-corrected chi connectivity index (χ4v) is 1.63. The van der Waals surface area contributed by atoms with E-state index in [1.54, 1.807) is 0 Å². The quantitative estimate of drug-likeness (QED) is 0.637. The van der Waals surface area contributed by atoms with Gasteiger partial charge < -0.3 is 14.5 Å². The molecule has 0 fully saturated rings. The molecule has 0 spiro atoms. The summed E-state index contributed by atoms with van der Waals surface area (Å²) in [6, 6.07) is 7.89. The Balaban J connectivity index is 1.84. The normalized spacial score (nSPS) is 10.4. The SMILES string of the molecule is COC(=O)CCCOc1ccc2cc[nH]c2c1. The van der Waals surface area contributed by atoms with Crippen molar-refractivity contribution in [3.05, 3.63) is 30.5 Å². The predicted octanol–water partition coefficient (Wildman–Crippen LogP) is 2.50. The highest BCUT2D eigenvalue weighted by Crippen LogP contribution is 2.19. The Hall–Kier alpha value is -1.97. The largest absolute Gasteiger partial charge is 0.494 e. The molecular formula is C13H15NO3. The van der Waals surface area contributed by atoms with Crippen molar-refractivity contribution < 1.29 is 14.3 Å². The average Bonchev–Trinajstić information content (AvgIpc) is 2.81. The average molecular weight is 233 g/mol. The molecule has 0 unspecified atom stereocenters. The first-order chi connectivity index (χ1) is 8.29. The fraction of sp³-hybridized carbons (Fsp3) is 0.308. The first-order valence-corrected chi connectivity index (χ1v) is 5.56. The van der Waals surface area contributed by atoms with Gasteiger partial charge in [0, 0.05) is 24.2 Å². The zero-order valence-corrected chi connectivity index (χ0v) is 9.73. The van der Waals surface area contributed by atoms with Crippen LogP contribution in [0.1, 0.15) is 12.8 Å². The Labute approximate surface area is 99.5 Å². The minimum atomic E-state index is -0.201. The van der Waals surface area contributed by atoms with Gasteiger partial charge in [-0.25, -0.2) is 0 Å². The van der Waals surface area contributed by atoms with Crippen LogP contribution < -0.4 is 4.74 Å². The van der Waals surface area contributed by atoms with Crippen molar-refractivity contribution in [2.24, 2.45) is 0 Å². The topological polar surface area (TPSA) is 51.3 Å². The van der Waals surface area contributed by atoms with Gasteiger partial charge in [-0.05, 0) is 30.0 Å². The van der Waals surface area contributed by atoms with Crippen LogP contribution in [0, 0.1) is 0 Å². The van der Waals surface area contributed by atoms with Crippen LogP contribution >= 0.6 is 0 Å². The predicted molar refractivity (Wildman–Crippen MR) is 65.0 cm³/mol. The number of methoxy groups -OCH3 is 1. The molecule has 0 saturated carbocycles. The summed E-state index contributed by atoms with van der Waals surface area (Å²) in [6.07, 6.45) is 2.95. The lowest BCUT2D eigenvalue weighted by molar-refractivity contribution is -0.140. The molecule has 4 nitrogen and oxygen atoms in total. The van der Waals surface area contributed by atoms with Crippen LogP contribution in [0.2, 0.25) is 0 Å². The van der Waals surface area contributed by atoms with Gasteiger partial charge >= 0.3 is 5.97 Å². The van der Waals surface area contributed by atoms with Crippen LogP contribution in [0.15, 0.2) is 30.5 Å². The van der Waals surface area contributed by atoms with E-state index in [-0.39, 0.29) is 5.97 Å². The number of hydrogen-bond donors (Lipinski definition) is 1. The van der Waals surface area contributed by atoms with Crippen molar-refractivity contribution in [3.63, 3.8) is 0 Å². The third-order valence-electron chi connectivity index (χ3n) is 2.55. The molecule has 1 heterocycles. The number of rotatable bonds is 5. The molecule has 1 aromatic carbocycles. The number of aromatic nitrogens is 1. The molecule has 0 bridgehead atoms. The van der Waals surface area contributed by atoms with Crippen LogP contribution in [0.3, 0.4) is 0 Å². The fourth-order valence-electron chi connectivity index (χ4n) is 1.63. The molecule has 1 aromatic heterocycles. The maximum Gasteiger partial charge on any atom is 0.305 e. The summed E-state index contributed by atoms with van der Waals surface area (Å²) in [5, 5.41) is 1.16. The first-order valence-electron chi connectivity index (χ1n) is 5.56. The highest BCUT2D eigenvalue weighted by molar-refractivity contribution is 5.80. The van der Waals surface area contributed by atoms with Gasteiger partial charge in [0.25, 0.3) is 0 Å². The number of benzene rings is 1. The summed E-state index contributed by atoms with van der Waals surface area (Å²) in [5.74, 6) is 0.609. The molecule has 90 valence electrons. The number of nitrogens with one attached hydrogen (secondary N) is 1.